The second-order valence-electron chi connectivity index (χ2n) is 8.81. The van der Waals surface area contributed by atoms with Crippen LogP contribution in [-0.2, 0) is 16.1 Å². The molecule has 2 aliphatic rings. The van der Waals surface area contributed by atoms with E-state index in [1.807, 2.05) is 33.7 Å². The predicted octanol–water partition coefficient (Wildman–Crippen LogP) is 3.49. The average molecular weight is 410 g/mol. The highest BCUT2D eigenvalue weighted by molar-refractivity contribution is 6.44. The van der Waals surface area contributed by atoms with Crippen LogP contribution >= 0.6 is 0 Å². The fraction of sp³-hybridized carbons (Fsp3) is 0.542. The minimum atomic E-state index is -0.471. The number of hydrogen-bond acceptors (Lipinski definition) is 3. The summed E-state index contributed by atoms with van der Waals surface area (Å²) in [4.78, 5) is 42.5. The van der Waals surface area contributed by atoms with Gasteiger partial charge < -0.3 is 14.4 Å². The maximum Gasteiger partial charge on any atom is 0.295 e. The molecule has 30 heavy (non-hydrogen) atoms. The van der Waals surface area contributed by atoms with Crippen LogP contribution in [0.15, 0.2) is 30.5 Å². The molecule has 2 fully saturated rings. The van der Waals surface area contributed by atoms with Crippen LogP contribution in [0.25, 0.3) is 10.9 Å². The van der Waals surface area contributed by atoms with Gasteiger partial charge in [-0.3, -0.25) is 14.4 Å². The number of hydrogen-bond donors (Lipinski definition) is 0. The number of carbonyl (C=O) groups is 3. The van der Waals surface area contributed by atoms with Crippen molar-refractivity contribution in [3.63, 3.8) is 0 Å². The van der Waals surface area contributed by atoms with Crippen molar-refractivity contribution < 1.29 is 14.4 Å². The third-order valence-corrected chi connectivity index (χ3v) is 6.44. The Kier molecular flexibility index (Phi) is 6.21. The highest BCUT2D eigenvalue weighted by Gasteiger charge is 2.29. The van der Waals surface area contributed by atoms with E-state index in [0.717, 1.165) is 49.7 Å². The number of ketones is 1. The molecule has 0 radical (unpaired) electrons. The number of Topliss-reactive ketones (excluding diaryl/α,β-unsaturated/α-hetero) is 1. The van der Waals surface area contributed by atoms with Crippen LogP contribution in [0, 0.1) is 5.92 Å². The first kappa shape index (κ1) is 20.6. The van der Waals surface area contributed by atoms with Crippen LogP contribution in [0.1, 0.15) is 55.8 Å². The number of para-hydroxylation sites is 1. The van der Waals surface area contributed by atoms with Crippen LogP contribution in [0.3, 0.4) is 0 Å². The molecule has 2 aromatic rings. The molecule has 4 rings (SSSR count). The topological polar surface area (TPSA) is 62.6 Å². The minimum Gasteiger partial charge on any atom is -0.341 e. The number of benzene rings is 1. The number of aromatic nitrogens is 1. The smallest absolute Gasteiger partial charge is 0.295 e. The Morgan fingerprint density at radius 2 is 1.63 bits per heavy atom. The first-order valence-electron chi connectivity index (χ1n) is 11.2. The number of rotatable bonds is 4. The van der Waals surface area contributed by atoms with Gasteiger partial charge in [0.1, 0.15) is 6.54 Å². The lowest BCUT2D eigenvalue weighted by Crippen LogP contribution is -2.42. The molecular formula is C24H31N3O3. The summed E-state index contributed by atoms with van der Waals surface area (Å²) >= 11 is 0. The Morgan fingerprint density at radius 1 is 0.933 bits per heavy atom. The van der Waals surface area contributed by atoms with E-state index in [2.05, 4.69) is 6.92 Å². The normalized spacial score (nSPS) is 20.2. The van der Waals surface area contributed by atoms with Gasteiger partial charge >= 0.3 is 0 Å². The lowest BCUT2D eigenvalue weighted by molar-refractivity contribution is -0.131. The van der Waals surface area contributed by atoms with Gasteiger partial charge in [0.15, 0.2) is 0 Å². The van der Waals surface area contributed by atoms with E-state index in [0.29, 0.717) is 24.6 Å². The van der Waals surface area contributed by atoms with Crippen molar-refractivity contribution in [2.45, 2.75) is 52.0 Å². The van der Waals surface area contributed by atoms with Crippen LogP contribution in [-0.4, -0.2) is 58.1 Å². The summed E-state index contributed by atoms with van der Waals surface area (Å²) in [5.41, 5.74) is 1.22. The predicted molar refractivity (Wildman–Crippen MR) is 116 cm³/mol. The highest BCUT2D eigenvalue weighted by Crippen LogP contribution is 2.24. The van der Waals surface area contributed by atoms with E-state index in [4.69, 9.17) is 0 Å². The van der Waals surface area contributed by atoms with Gasteiger partial charge in [0.2, 0.25) is 5.91 Å². The number of likely N-dealkylation sites (tertiary alicyclic amines) is 2. The Balaban J connectivity index is 1.58. The van der Waals surface area contributed by atoms with Gasteiger partial charge in [-0.1, -0.05) is 38.0 Å². The number of piperidine rings is 1. The Labute approximate surface area is 177 Å². The van der Waals surface area contributed by atoms with Gasteiger partial charge in [-0.15, -0.1) is 0 Å². The molecule has 0 spiro atoms. The van der Waals surface area contributed by atoms with Gasteiger partial charge in [-0.25, -0.2) is 0 Å². The van der Waals surface area contributed by atoms with E-state index >= 15 is 0 Å². The monoisotopic (exact) mass is 409 g/mol. The van der Waals surface area contributed by atoms with Crippen molar-refractivity contribution in [2.24, 2.45) is 5.92 Å². The standard InChI is InChI=1S/C24H31N3O3/c1-18-9-8-14-26(15-18)24(30)23(29)20-16-27(21-11-5-4-10-19(20)21)17-22(28)25-12-6-2-3-7-13-25/h4-5,10-11,16,18H,2-3,6-9,12-15,17H2,1H3/t18-/m0/s1. The van der Waals surface area contributed by atoms with Crippen molar-refractivity contribution in [1.29, 1.82) is 0 Å². The zero-order valence-corrected chi connectivity index (χ0v) is 17.8. The van der Waals surface area contributed by atoms with E-state index in [1.165, 1.54) is 12.8 Å². The molecule has 0 unspecified atom stereocenters. The molecular weight excluding hydrogens is 378 g/mol. The molecule has 6 heteroatoms. The molecule has 0 saturated carbocycles. The Bertz CT molecular complexity index is 940. The first-order valence-corrected chi connectivity index (χ1v) is 11.2. The molecule has 160 valence electrons. The first-order chi connectivity index (χ1) is 14.5. The zero-order valence-electron chi connectivity index (χ0n) is 17.8. The van der Waals surface area contributed by atoms with Crippen LogP contribution in [0.2, 0.25) is 0 Å². The lowest BCUT2D eigenvalue weighted by atomic mass is 9.99. The van der Waals surface area contributed by atoms with E-state index in [1.54, 1.807) is 11.1 Å². The fourth-order valence-electron chi connectivity index (χ4n) is 4.76. The summed E-state index contributed by atoms with van der Waals surface area (Å²) in [7, 11) is 0. The molecule has 6 nitrogen and oxygen atoms in total. The third-order valence-electron chi connectivity index (χ3n) is 6.44. The SMILES string of the molecule is C[C@H]1CCCN(C(=O)C(=O)c2cn(CC(=O)N3CCCCCC3)c3ccccc23)C1. The maximum absolute atomic E-state index is 13.1. The molecule has 1 atom stereocenters. The second-order valence-corrected chi connectivity index (χ2v) is 8.81. The molecule has 1 aromatic carbocycles. The highest BCUT2D eigenvalue weighted by atomic mass is 16.2. The number of amides is 2. The molecule has 0 bridgehead atoms. The van der Waals surface area contributed by atoms with E-state index < -0.39 is 11.7 Å². The molecule has 1 aromatic heterocycles. The quantitative estimate of drug-likeness (QED) is 0.574. The Hall–Kier alpha value is -2.63. The van der Waals surface area contributed by atoms with Crippen LogP contribution in [0.5, 0.6) is 0 Å². The van der Waals surface area contributed by atoms with Crippen molar-refractivity contribution in [1.82, 2.24) is 14.4 Å². The Morgan fingerprint density at radius 3 is 2.37 bits per heavy atom. The minimum absolute atomic E-state index is 0.0767. The van der Waals surface area contributed by atoms with Crippen molar-refractivity contribution in [3.05, 3.63) is 36.0 Å². The molecule has 3 heterocycles. The summed E-state index contributed by atoms with van der Waals surface area (Å²) < 4.78 is 1.84. The molecule has 0 aliphatic carbocycles. The van der Waals surface area contributed by atoms with Gasteiger partial charge in [0.05, 0.1) is 5.56 Å². The molecule has 2 saturated heterocycles. The summed E-state index contributed by atoms with van der Waals surface area (Å²) in [6.45, 7) is 5.19. The second kappa shape index (κ2) is 9.02. The van der Waals surface area contributed by atoms with Crippen LogP contribution < -0.4 is 0 Å². The van der Waals surface area contributed by atoms with Gasteiger partial charge in [0.25, 0.3) is 11.7 Å². The van der Waals surface area contributed by atoms with Crippen molar-refractivity contribution in [3.8, 4) is 0 Å². The van der Waals surface area contributed by atoms with Crippen molar-refractivity contribution >= 4 is 28.5 Å². The average Bonchev–Trinajstić information content (AvgIpc) is 2.92. The van der Waals surface area contributed by atoms with Crippen LogP contribution in [0.4, 0.5) is 0 Å². The third kappa shape index (κ3) is 4.27. The van der Waals surface area contributed by atoms with Crippen molar-refractivity contribution in [2.75, 3.05) is 26.2 Å². The van der Waals surface area contributed by atoms with Gasteiger partial charge in [-0.05, 0) is 37.7 Å². The summed E-state index contributed by atoms with van der Waals surface area (Å²) in [6, 6.07) is 7.54. The van der Waals surface area contributed by atoms with E-state index in [-0.39, 0.29) is 12.5 Å². The van der Waals surface area contributed by atoms with Gasteiger partial charge in [0, 0.05) is 43.3 Å². The molecule has 2 amide bonds. The summed E-state index contributed by atoms with van der Waals surface area (Å²) in [6.07, 6.45) is 8.17. The summed E-state index contributed by atoms with van der Waals surface area (Å²) in [5.74, 6) is -0.402. The lowest BCUT2D eigenvalue weighted by Gasteiger charge is -2.30. The summed E-state index contributed by atoms with van der Waals surface area (Å²) in [5, 5.41) is 0.740. The molecule has 2 aliphatic heterocycles. The zero-order chi connectivity index (χ0) is 21.1. The van der Waals surface area contributed by atoms with E-state index in [9.17, 15) is 14.4 Å². The fourth-order valence-corrected chi connectivity index (χ4v) is 4.76. The number of nitrogens with zero attached hydrogens (tertiary/aromatic N) is 3. The largest absolute Gasteiger partial charge is 0.341 e. The number of carbonyl (C=O) groups excluding carboxylic acids is 3. The maximum atomic E-state index is 13.1. The number of fused-ring (bicyclic) bond motifs is 1. The molecule has 0 N–H and O–H groups in total. The van der Waals surface area contributed by atoms with Gasteiger partial charge in [-0.2, -0.15) is 0 Å².